The van der Waals surface area contributed by atoms with Crippen LogP contribution in [0, 0.1) is 0 Å². The monoisotopic (exact) mass is 438 g/mol. The van der Waals surface area contributed by atoms with Crippen molar-refractivity contribution in [3.63, 3.8) is 0 Å². The molecule has 0 saturated carbocycles. The predicted molar refractivity (Wildman–Crippen MR) is 92.5 cm³/mol. The van der Waals surface area contributed by atoms with Gasteiger partial charge in [0.05, 0.1) is 0 Å². The maximum Gasteiger partial charge on any atom is 1.00 e. The van der Waals surface area contributed by atoms with E-state index in [-0.39, 0.29) is 69.2 Å². The van der Waals surface area contributed by atoms with Gasteiger partial charge < -0.3 is 19.1 Å². The van der Waals surface area contributed by atoms with Crippen molar-refractivity contribution < 1.29 is 85.1 Å². The van der Waals surface area contributed by atoms with Crippen molar-refractivity contribution in [3.8, 4) is 0 Å². The van der Waals surface area contributed by atoms with Gasteiger partial charge in [0, 0.05) is 21.8 Å². The second-order valence-corrected chi connectivity index (χ2v) is 8.05. The zero-order valence-corrected chi connectivity index (χ0v) is 20.7. The van der Waals surface area contributed by atoms with Crippen LogP contribution in [0.2, 0.25) is 0 Å². The van der Waals surface area contributed by atoms with Crippen LogP contribution >= 0.6 is 0 Å². The van der Waals surface area contributed by atoms with Gasteiger partial charge in [-0.15, -0.1) is 0 Å². The van der Waals surface area contributed by atoms with Gasteiger partial charge in [-0.05, 0) is 24.3 Å². The van der Waals surface area contributed by atoms with Crippen molar-refractivity contribution in [3.05, 3.63) is 60.7 Å². The number of nitrogens with one attached hydrogen (secondary N) is 2. The van der Waals surface area contributed by atoms with E-state index in [0.717, 1.165) is 10.8 Å². The van der Waals surface area contributed by atoms with Gasteiger partial charge in [-0.2, -0.15) is 0 Å². The molecule has 0 saturated heterocycles. The van der Waals surface area contributed by atoms with Gasteiger partial charge in [-0.1, -0.05) is 36.4 Å². The molecule has 0 atom stereocenters. The minimum absolute atomic E-state index is 0. The molecule has 4 aromatic rings. The summed E-state index contributed by atoms with van der Waals surface area (Å²) in [4.78, 5) is 5.07. The van der Waals surface area contributed by atoms with E-state index in [4.69, 9.17) is 0 Å². The first-order chi connectivity index (χ1) is 12.1. The van der Waals surface area contributed by atoms with Crippen LogP contribution in [0.15, 0.2) is 70.7 Å². The van der Waals surface area contributed by atoms with Gasteiger partial charge in [-0.3, -0.25) is 0 Å². The van der Waals surface area contributed by atoms with Crippen molar-refractivity contribution in [2.75, 3.05) is 0 Å². The summed E-state index contributed by atoms with van der Waals surface area (Å²) in [6.07, 6.45) is 0. The van der Waals surface area contributed by atoms with Crippen molar-refractivity contribution in [2.45, 2.75) is 10.1 Å². The summed E-state index contributed by atoms with van der Waals surface area (Å²) in [6, 6.07) is 16.6. The third-order valence-corrected chi connectivity index (χ3v) is 5.07. The molecule has 0 aliphatic carbocycles. The zero-order valence-electron chi connectivity index (χ0n) is 15.0. The molecular formula is C16H12N2Na2O6S2. The number of rotatable bonds is 2. The number of fused-ring (bicyclic) bond motifs is 2. The average molecular weight is 438 g/mol. The van der Waals surface area contributed by atoms with Crippen LogP contribution in [0.5, 0.6) is 0 Å². The number of H-pyrrole nitrogens is 2. The first-order valence-electron chi connectivity index (χ1n) is 7.22. The smallest absolute Gasteiger partial charge is 0.743 e. The molecule has 8 nitrogen and oxygen atoms in total. The molecule has 0 bridgehead atoms. The van der Waals surface area contributed by atoms with Crippen LogP contribution in [0.3, 0.4) is 0 Å². The molecule has 0 fully saturated rings. The number of benzene rings is 2. The summed E-state index contributed by atoms with van der Waals surface area (Å²) in [5, 5.41) is 0.872. The van der Waals surface area contributed by atoms with Crippen LogP contribution in [-0.4, -0.2) is 35.9 Å². The Morgan fingerprint density at radius 2 is 0.929 bits per heavy atom. The Hall–Kier alpha value is -0.660. The first-order valence-corrected chi connectivity index (χ1v) is 10.0. The minimum atomic E-state index is -4.37. The van der Waals surface area contributed by atoms with Crippen molar-refractivity contribution in [1.82, 2.24) is 9.97 Å². The van der Waals surface area contributed by atoms with E-state index in [1.165, 1.54) is 12.1 Å². The normalized spacial score (nSPS) is 11.2. The number of hydrogen-bond donors (Lipinski definition) is 2. The summed E-state index contributed by atoms with van der Waals surface area (Å²) < 4.78 is 63.7. The van der Waals surface area contributed by atoms with E-state index in [9.17, 15) is 25.9 Å². The number of hydrogen-bond acceptors (Lipinski definition) is 6. The third-order valence-electron chi connectivity index (χ3n) is 3.55. The zero-order chi connectivity index (χ0) is 18.9. The van der Waals surface area contributed by atoms with Crippen molar-refractivity contribution in [1.29, 1.82) is 0 Å². The van der Waals surface area contributed by atoms with Gasteiger partial charge >= 0.3 is 59.1 Å². The molecule has 0 amide bonds. The van der Waals surface area contributed by atoms with Crippen molar-refractivity contribution >= 4 is 42.0 Å². The molecule has 0 radical (unpaired) electrons. The topological polar surface area (TPSA) is 146 Å². The summed E-state index contributed by atoms with van der Waals surface area (Å²) in [7, 11) is -8.74. The van der Waals surface area contributed by atoms with E-state index in [2.05, 4.69) is 9.97 Å². The van der Waals surface area contributed by atoms with E-state index < -0.39 is 20.2 Å². The SMILES string of the molecule is O=S(=O)([O-])c1cc2ccccc2[nH]1.O=S(=O)([O-])c1cc2ccccc2[nH]1.[Na+].[Na+]. The standard InChI is InChI=1S/2C8H7NO3S.2Na/c2*10-13(11,12)8-5-6-3-1-2-4-7(6)9-8;;/h2*1-5,9H,(H,10,11,12);;/q;;2*+1/p-2. The van der Waals surface area contributed by atoms with Gasteiger partial charge in [-0.25, -0.2) is 16.8 Å². The van der Waals surface area contributed by atoms with Gasteiger partial charge in [0.15, 0.2) is 0 Å². The fraction of sp³-hybridized carbons (Fsp3) is 0. The molecule has 28 heavy (non-hydrogen) atoms. The second-order valence-electron chi connectivity index (χ2n) is 5.35. The summed E-state index contributed by atoms with van der Waals surface area (Å²) >= 11 is 0. The summed E-state index contributed by atoms with van der Waals surface area (Å²) in [6.45, 7) is 0. The molecule has 0 unspecified atom stereocenters. The molecule has 0 aliphatic rings. The Morgan fingerprint density at radius 3 is 1.21 bits per heavy atom. The molecule has 2 aromatic heterocycles. The molecule has 2 N–H and O–H groups in total. The fourth-order valence-corrected chi connectivity index (χ4v) is 3.38. The molecule has 2 heterocycles. The van der Waals surface area contributed by atoms with E-state index >= 15 is 0 Å². The van der Waals surface area contributed by atoms with Crippen LogP contribution < -0.4 is 59.1 Å². The molecule has 12 heteroatoms. The van der Waals surface area contributed by atoms with Crippen LogP contribution in [0.25, 0.3) is 21.8 Å². The van der Waals surface area contributed by atoms with Crippen LogP contribution in [0.1, 0.15) is 0 Å². The maximum atomic E-state index is 10.6. The largest absolute Gasteiger partial charge is 1.00 e. The Balaban J connectivity index is 0.000000261. The molecule has 0 spiro atoms. The molecular weight excluding hydrogens is 426 g/mol. The van der Waals surface area contributed by atoms with Crippen molar-refractivity contribution in [2.24, 2.45) is 0 Å². The molecule has 2 aromatic carbocycles. The Bertz CT molecular complexity index is 1130. The van der Waals surface area contributed by atoms with Crippen LogP contribution in [0.4, 0.5) is 0 Å². The summed E-state index contributed by atoms with van der Waals surface area (Å²) in [5.74, 6) is 0. The average Bonchev–Trinajstić information content (AvgIpc) is 3.19. The fourth-order valence-electron chi connectivity index (χ4n) is 2.36. The summed E-state index contributed by atoms with van der Waals surface area (Å²) in [5.41, 5.74) is 1.30. The van der Waals surface area contributed by atoms with Gasteiger partial charge in [0.2, 0.25) is 0 Å². The van der Waals surface area contributed by atoms with E-state index in [1.54, 1.807) is 48.5 Å². The Kier molecular flexibility index (Phi) is 8.97. The number of aromatic nitrogens is 2. The van der Waals surface area contributed by atoms with Gasteiger partial charge in [0.25, 0.3) is 0 Å². The van der Waals surface area contributed by atoms with E-state index in [1.807, 2.05) is 0 Å². The quantitative estimate of drug-likeness (QED) is 0.242. The third kappa shape index (κ3) is 6.17. The Labute approximate surface area is 205 Å². The molecule has 4 rings (SSSR count). The number of aromatic amines is 2. The van der Waals surface area contributed by atoms with Gasteiger partial charge in [0.1, 0.15) is 30.3 Å². The van der Waals surface area contributed by atoms with E-state index in [0.29, 0.717) is 11.0 Å². The number of para-hydroxylation sites is 2. The second kappa shape index (κ2) is 9.90. The molecule has 0 aliphatic heterocycles. The molecule has 136 valence electrons. The Morgan fingerprint density at radius 1 is 0.607 bits per heavy atom. The predicted octanol–water partition coefficient (Wildman–Crippen LogP) is -3.85. The maximum absolute atomic E-state index is 10.6. The first kappa shape index (κ1) is 25.4. The minimum Gasteiger partial charge on any atom is -0.743 e. The van der Waals surface area contributed by atoms with Crippen LogP contribution in [-0.2, 0) is 20.2 Å².